The SMILES string of the molecule is Cc1cccc(Sc2nccnc2N2CCC(C(=O)NCc3cccc(Cl)c3)CC2)c1. The van der Waals surface area contributed by atoms with Crippen LogP contribution in [0.4, 0.5) is 5.82 Å². The maximum atomic E-state index is 12.6. The lowest BCUT2D eigenvalue weighted by Gasteiger charge is -2.32. The summed E-state index contributed by atoms with van der Waals surface area (Å²) in [7, 11) is 0. The third kappa shape index (κ3) is 5.77. The highest BCUT2D eigenvalue weighted by atomic mass is 35.5. The maximum absolute atomic E-state index is 12.6. The largest absolute Gasteiger partial charge is 0.354 e. The molecular formula is C24H25ClN4OS. The Bertz CT molecular complexity index is 1050. The van der Waals surface area contributed by atoms with E-state index in [0.29, 0.717) is 11.6 Å². The van der Waals surface area contributed by atoms with Gasteiger partial charge in [0.15, 0.2) is 5.82 Å². The maximum Gasteiger partial charge on any atom is 0.223 e. The number of nitrogens with zero attached hydrogens (tertiary/aromatic N) is 3. The number of piperidine rings is 1. The molecule has 160 valence electrons. The van der Waals surface area contributed by atoms with Crippen LogP contribution in [-0.2, 0) is 11.3 Å². The van der Waals surface area contributed by atoms with E-state index >= 15 is 0 Å². The summed E-state index contributed by atoms with van der Waals surface area (Å²) >= 11 is 7.65. The molecule has 1 fully saturated rings. The Balaban J connectivity index is 1.35. The first kappa shape index (κ1) is 21.7. The Morgan fingerprint density at radius 3 is 2.68 bits per heavy atom. The number of hydrogen-bond acceptors (Lipinski definition) is 5. The van der Waals surface area contributed by atoms with Crippen molar-refractivity contribution in [2.75, 3.05) is 18.0 Å². The lowest BCUT2D eigenvalue weighted by Crippen LogP contribution is -2.41. The number of carbonyl (C=O) groups is 1. The highest BCUT2D eigenvalue weighted by Gasteiger charge is 2.27. The van der Waals surface area contributed by atoms with Gasteiger partial charge in [0.2, 0.25) is 5.91 Å². The Hall–Kier alpha value is -2.57. The van der Waals surface area contributed by atoms with Crippen molar-refractivity contribution in [2.45, 2.75) is 36.2 Å². The van der Waals surface area contributed by atoms with Crippen molar-refractivity contribution < 1.29 is 4.79 Å². The molecule has 5 nitrogen and oxygen atoms in total. The van der Waals surface area contributed by atoms with Crippen LogP contribution in [0.1, 0.15) is 24.0 Å². The van der Waals surface area contributed by atoms with Gasteiger partial charge in [-0.3, -0.25) is 4.79 Å². The summed E-state index contributed by atoms with van der Waals surface area (Å²) in [6.45, 7) is 4.16. The topological polar surface area (TPSA) is 58.1 Å². The average Bonchev–Trinajstić information content (AvgIpc) is 2.78. The highest BCUT2D eigenvalue weighted by molar-refractivity contribution is 7.99. The molecule has 2 heterocycles. The van der Waals surface area contributed by atoms with E-state index in [-0.39, 0.29) is 11.8 Å². The minimum atomic E-state index is 0.0139. The number of carbonyl (C=O) groups excluding carboxylic acids is 1. The molecule has 4 rings (SSSR count). The summed E-state index contributed by atoms with van der Waals surface area (Å²) in [5.74, 6) is 1.01. The number of nitrogens with one attached hydrogen (secondary N) is 1. The van der Waals surface area contributed by atoms with E-state index in [1.807, 2.05) is 24.3 Å². The predicted octanol–water partition coefficient (Wildman–Crippen LogP) is 5.12. The molecule has 1 aliphatic heterocycles. The van der Waals surface area contributed by atoms with Gasteiger partial charge in [-0.05, 0) is 49.6 Å². The summed E-state index contributed by atoms with van der Waals surface area (Å²) < 4.78 is 0. The van der Waals surface area contributed by atoms with Crippen molar-refractivity contribution >= 4 is 35.1 Å². The fourth-order valence-electron chi connectivity index (χ4n) is 3.73. The fraction of sp³-hybridized carbons (Fsp3) is 0.292. The Labute approximate surface area is 192 Å². The Morgan fingerprint density at radius 2 is 1.90 bits per heavy atom. The lowest BCUT2D eigenvalue weighted by atomic mass is 9.96. The van der Waals surface area contributed by atoms with Crippen LogP contribution in [0.5, 0.6) is 0 Å². The summed E-state index contributed by atoms with van der Waals surface area (Å²) in [4.78, 5) is 25.2. The summed E-state index contributed by atoms with van der Waals surface area (Å²) in [6.07, 6.45) is 5.07. The van der Waals surface area contributed by atoms with Crippen molar-refractivity contribution in [3.8, 4) is 0 Å². The second-order valence-electron chi connectivity index (χ2n) is 7.71. The zero-order valence-electron chi connectivity index (χ0n) is 17.4. The quantitative estimate of drug-likeness (QED) is 0.562. The molecule has 1 N–H and O–H groups in total. The van der Waals surface area contributed by atoms with Crippen LogP contribution >= 0.6 is 23.4 Å². The van der Waals surface area contributed by atoms with Crippen molar-refractivity contribution in [3.63, 3.8) is 0 Å². The predicted molar refractivity (Wildman–Crippen MR) is 126 cm³/mol. The second-order valence-corrected chi connectivity index (χ2v) is 9.21. The molecule has 1 aliphatic rings. The molecule has 2 aromatic carbocycles. The van der Waals surface area contributed by atoms with Crippen LogP contribution in [0.3, 0.4) is 0 Å². The van der Waals surface area contributed by atoms with Gasteiger partial charge in [0.05, 0.1) is 0 Å². The van der Waals surface area contributed by atoms with E-state index in [1.54, 1.807) is 24.2 Å². The second kappa shape index (κ2) is 10.2. The molecule has 0 saturated carbocycles. The first-order valence-electron chi connectivity index (χ1n) is 10.4. The smallest absolute Gasteiger partial charge is 0.223 e. The van der Waals surface area contributed by atoms with E-state index in [9.17, 15) is 4.79 Å². The first-order valence-corrected chi connectivity index (χ1v) is 11.6. The number of benzene rings is 2. The van der Waals surface area contributed by atoms with Gasteiger partial charge in [-0.25, -0.2) is 9.97 Å². The van der Waals surface area contributed by atoms with Gasteiger partial charge in [0.25, 0.3) is 0 Å². The number of amides is 1. The van der Waals surface area contributed by atoms with Crippen LogP contribution in [0.25, 0.3) is 0 Å². The fourth-order valence-corrected chi connectivity index (χ4v) is 4.95. The number of aromatic nitrogens is 2. The standard InChI is InChI=1S/C24H25ClN4OS/c1-17-4-2-7-21(14-17)31-24-22(26-10-11-27-24)29-12-8-19(9-13-29)23(30)28-16-18-5-3-6-20(25)15-18/h2-7,10-11,14-15,19H,8-9,12-13,16H2,1H3,(H,28,30). The first-order chi connectivity index (χ1) is 15.1. The van der Waals surface area contributed by atoms with Gasteiger partial charge in [-0.15, -0.1) is 0 Å². The Morgan fingerprint density at radius 1 is 1.13 bits per heavy atom. The molecule has 0 aliphatic carbocycles. The van der Waals surface area contributed by atoms with Crippen molar-refractivity contribution in [3.05, 3.63) is 77.1 Å². The van der Waals surface area contributed by atoms with E-state index in [4.69, 9.17) is 11.6 Å². The van der Waals surface area contributed by atoms with Crippen LogP contribution < -0.4 is 10.2 Å². The molecule has 0 radical (unpaired) electrons. The molecule has 0 unspecified atom stereocenters. The normalized spacial score (nSPS) is 14.5. The zero-order valence-corrected chi connectivity index (χ0v) is 19.0. The van der Waals surface area contributed by atoms with Crippen LogP contribution in [-0.4, -0.2) is 29.0 Å². The van der Waals surface area contributed by atoms with E-state index in [1.165, 1.54) is 5.56 Å². The van der Waals surface area contributed by atoms with Gasteiger partial charge in [0.1, 0.15) is 5.03 Å². The third-order valence-corrected chi connectivity index (χ3v) is 6.58. The summed E-state index contributed by atoms with van der Waals surface area (Å²) in [6, 6.07) is 16.0. The van der Waals surface area contributed by atoms with Crippen molar-refractivity contribution in [2.24, 2.45) is 5.92 Å². The third-order valence-electron chi connectivity index (χ3n) is 5.37. The molecule has 1 saturated heterocycles. The average molecular weight is 453 g/mol. The number of halogens is 1. The molecule has 0 bridgehead atoms. The zero-order chi connectivity index (χ0) is 21.6. The molecule has 0 spiro atoms. The monoisotopic (exact) mass is 452 g/mol. The summed E-state index contributed by atoms with van der Waals surface area (Å²) in [5, 5.41) is 4.64. The number of anilines is 1. The van der Waals surface area contributed by atoms with E-state index < -0.39 is 0 Å². The minimum absolute atomic E-state index is 0.0139. The number of aryl methyl sites for hydroxylation is 1. The molecule has 1 aromatic heterocycles. The molecule has 1 amide bonds. The van der Waals surface area contributed by atoms with Gasteiger partial charge in [0, 0.05) is 47.9 Å². The van der Waals surface area contributed by atoms with Crippen LogP contribution in [0.15, 0.2) is 70.8 Å². The van der Waals surface area contributed by atoms with Gasteiger partial charge in [-0.1, -0.05) is 53.2 Å². The molecule has 31 heavy (non-hydrogen) atoms. The van der Waals surface area contributed by atoms with Crippen LogP contribution in [0.2, 0.25) is 5.02 Å². The molecule has 0 atom stereocenters. The van der Waals surface area contributed by atoms with Crippen LogP contribution in [0, 0.1) is 12.8 Å². The lowest BCUT2D eigenvalue weighted by molar-refractivity contribution is -0.125. The number of rotatable bonds is 6. The molecule has 7 heteroatoms. The van der Waals surface area contributed by atoms with Gasteiger partial charge >= 0.3 is 0 Å². The Kier molecular flexibility index (Phi) is 7.10. The van der Waals surface area contributed by atoms with E-state index in [2.05, 4.69) is 51.4 Å². The molecule has 3 aromatic rings. The van der Waals surface area contributed by atoms with Gasteiger partial charge < -0.3 is 10.2 Å². The van der Waals surface area contributed by atoms with E-state index in [0.717, 1.165) is 47.2 Å². The van der Waals surface area contributed by atoms with Crippen molar-refractivity contribution in [1.29, 1.82) is 0 Å². The molecular weight excluding hydrogens is 428 g/mol. The van der Waals surface area contributed by atoms with Crippen molar-refractivity contribution in [1.82, 2.24) is 15.3 Å². The van der Waals surface area contributed by atoms with Gasteiger partial charge in [-0.2, -0.15) is 0 Å². The highest BCUT2D eigenvalue weighted by Crippen LogP contribution is 2.34. The number of hydrogen-bond donors (Lipinski definition) is 1. The summed E-state index contributed by atoms with van der Waals surface area (Å²) in [5.41, 5.74) is 2.23. The minimum Gasteiger partial charge on any atom is -0.354 e.